The van der Waals surface area contributed by atoms with Crippen LogP contribution in [0.4, 0.5) is 5.82 Å². The highest BCUT2D eigenvalue weighted by Crippen LogP contribution is 2.24. The van der Waals surface area contributed by atoms with Gasteiger partial charge < -0.3 is 9.73 Å². The first kappa shape index (κ1) is 13.9. The van der Waals surface area contributed by atoms with Gasteiger partial charge in [-0.05, 0) is 25.0 Å². The minimum atomic E-state index is -0.0957. The summed E-state index contributed by atoms with van der Waals surface area (Å²) >= 11 is 0. The van der Waals surface area contributed by atoms with Crippen molar-refractivity contribution in [1.82, 2.24) is 14.7 Å². The monoisotopic (exact) mass is 288 g/mol. The summed E-state index contributed by atoms with van der Waals surface area (Å²) in [5.41, 5.74) is 1.20. The van der Waals surface area contributed by atoms with Crippen LogP contribution in [0.25, 0.3) is 0 Å². The van der Waals surface area contributed by atoms with Crippen LogP contribution in [-0.4, -0.2) is 33.7 Å². The molecule has 0 spiro atoms. The summed E-state index contributed by atoms with van der Waals surface area (Å²) in [6.45, 7) is 6.37. The Morgan fingerprint density at radius 3 is 3.10 bits per heavy atom. The normalized spacial score (nSPS) is 19.0. The molecule has 0 radical (unpaired) electrons. The van der Waals surface area contributed by atoms with Crippen LogP contribution in [0.2, 0.25) is 0 Å². The molecule has 6 heteroatoms. The number of rotatable bonds is 4. The molecule has 0 saturated carbocycles. The maximum atomic E-state index is 11.0. The Balaban J connectivity index is 1.60. The summed E-state index contributed by atoms with van der Waals surface area (Å²) in [5, 5.41) is 7.12. The molecule has 1 aliphatic heterocycles. The number of amides is 1. The average Bonchev–Trinajstić information content (AvgIpc) is 3.12. The molecule has 2 aromatic rings. The van der Waals surface area contributed by atoms with Crippen molar-refractivity contribution in [3.05, 3.63) is 35.9 Å². The number of furan rings is 1. The molecule has 0 bridgehead atoms. The molecule has 3 rings (SSSR count). The Morgan fingerprint density at radius 2 is 2.38 bits per heavy atom. The van der Waals surface area contributed by atoms with Gasteiger partial charge in [0.15, 0.2) is 5.82 Å². The second kappa shape index (κ2) is 5.73. The third-order valence-corrected chi connectivity index (χ3v) is 3.87. The number of aryl methyl sites for hydroxylation is 1. The molecule has 1 atom stereocenters. The third kappa shape index (κ3) is 3.16. The lowest BCUT2D eigenvalue weighted by molar-refractivity contribution is -0.114. The second-order valence-electron chi connectivity index (χ2n) is 5.57. The summed E-state index contributed by atoms with van der Waals surface area (Å²) in [6, 6.07) is 4.18. The van der Waals surface area contributed by atoms with Crippen molar-refractivity contribution in [2.75, 3.05) is 18.4 Å². The van der Waals surface area contributed by atoms with Gasteiger partial charge in [0.25, 0.3) is 0 Å². The number of nitrogens with one attached hydrogen (secondary N) is 1. The smallest absolute Gasteiger partial charge is 0.222 e. The second-order valence-corrected chi connectivity index (χ2v) is 5.57. The maximum Gasteiger partial charge on any atom is 0.222 e. The van der Waals surface area contributed by atoms with Crippen molar-refractivity contribution in [1.29, 1.82) is 0 Å². The highest BCUT2D eigenvalue weighted by Gasteiger charge is 2.25. The van der Waals surface area contributed by atoms with Crippen LogP contribution in [0.5, 0.6) is 0 Å². The molecule has 6 nitrogen and oxygen atoms in total. The predicted octanol–water partition coefficient (Wildman–Crippen LogP) is 2.19. The highest BCUT2D eigenvalue weighted by atomic mass is 16.3. The molecule has 3 heterocycles. The lowest BCUT2D eigenvalue weighted by Gasteiger charge is -2.15. The zero-order valence-corrected chi connectivity index (χ0v) is 12.4. The van der Waals surface area contributed by atoms with Gasteiger partial charge in [0.1, 0.15) is 5.76 Å². The van der Waals surface area contributed by atoms with Crippen LogP contribution in [0.3, 0.4) is 0 Å². The summed E-state index contributed by atoms with van der Waals surface area (Å²) < 4.78 is 7.45. The average molecular weight is 288 g/mol. The fraction of sp³-hybridized carbons (Fsp3) is 0.467. The molecule has 1 unspecified atom stereocenters. The van der Waals surface area contributed by atoms with Gasteiger partial charge in [-0.2, -0.15) is 5.10 Å². The maximum absolute atomic E-state index is 11.0. The SMILES string of the molecule is CC(=O)Nc1ccn(C2CCN(Cc3occc3C)C2)n1. The zero-order chi connectivity index (χ0) is 14.8. The topological polar surface area (TPSA) is 63.3 Å². The number of aromatic nitrogens is 2. The van der Waals surface area contributed by atoms with E-state index < -0.39 is 0 Å². The molecule has 0 aromatic carbocycles. The first-order valence-electron chi connectivity index (χ1n) is 7.20. The Morgan fingerprint density at radius 1 is 1.52 bits per heavy atom. The zero-order valence-electron chi connectivity index (χ0n) is 12.4. The van der Waals surface area contributed by atoms with Gasteiger partial charge in [-0.25, -0.2) is 0 Å². The van der Waals surface area contributed by atoms with Crippen molar-refractivity contribution in [3.8, 4) is 0 Å². The molecule has 1 N–H and O–H groups in total. The largest absolute Gasteiger partial charge is 0.468 e. The van der Waals surface area contributed by atoms with E-state index in [0.29, 0.717) is 11.9 Å². The predicted molar refractivity (Wildman–Crippen MR) is 78.9 cm³/mol. The number of likely N-dealkylation sites (tertiary alicyclic amines) is 1. The van der Waals surface area contributed by atoms with Crippen molar-refractivity contribution in [2.24, 2.45) is 0 Å². The van der Waals surface area contributed by atoms with Gasteiger partial charge in [-0.1, -0.05) is 0 Å². The Bertz CT molecular complexity index is 631. The molecule has 2 aromatic heterocycles. The molecule has 112 valence electrons. The summed E-state index contributed by atoms with van der Waals surface area (Å²) in [7, 11) is 0. The van der Waals surface area contributed by atoms with Crippen LogP contribution in [-0.2, 0) is 11.3 Å². The molecule has 21 heavy (non-hydrogen) atoms. The summed E-state index contributed by atoms with van der Waals surface area (Å²) in [4.78, 5) is 13.4. The summed E-state index contributed by atoms with van der Waals surface area (Å²) in [6.07, 6.45) is 4.73. The Labute approximate surface area is 123 Å². The van der Waals surface area contributed by atoms with Gasteiger partial charge in [-0.15, -0.1) is 0 Å². The quantitative estimate of drug-likeness (QED) is 0.936. The number of hydrogen-bond acceptors (Lipinski definition) is 4. The van der Waals surface area contributed by atoms with Crippen LogP contribution >= 0.6 is 0 Å². The van der Waals surface area contributed by atoms with Crippen molar-refractivity contribution in [3.63, 3.8) is 0 Å². The van der Waals surface area contributed by atoms with Gasteiger partial charge in [0.2, 0.25) is 5.91 Å². The van der Waals surface area contributed by atoms with E-state index in [-0.39, 0.29) is 5.91 Å². The van der Waals surface area contributed by atoms with E-state index in [4.69, 9.17) is 4.42 Å². The number of carbonyl (C=O) groups excluding carboxylic acids is 1. The Hall–Kier alpha value is -2.08. The van der Waals surface area contributed by atoms with Crippen molar-refractivity contribution >= 4 is 11.7 Å². The van der Waals surface area contributed by atoms with E-state index >= 15 is 0 Å². The lowest BCUT2D eigenvalue weighted by atomic mass is 10.2. The highest BCUT2D eigenvalue weighted by molar-refractivity contribution is 5.87. The Kier molecular flexibility index (Phi) is 3.79. The molecular weight excluding hydrogens is 268 g/mol. The van der Waals surface area contributed by atoms with Crippen molar-refractivity contribution in [2.45, 2.75) is 32.9 Å². The van der Waals surface area contributed by atoms with E-state index in [1.165, 1.54) is 12.5 Å². The van der Waals surface area contributed by atoms with Crippen LogP contribution in [0.1, 0.15) is 30.7 Å². The van der Waals surface area contributed by atoms with E-state index in [2.05, 4.69) is 22.2 Å². The first-order valence-corrected chi connectivity index (χ1v) is 7.20. The third-order valence-electron chi connectivity index (χ3n) is 3.87. The molecule has 1 amide bonds. The minimum Gasteiger partial charge on any atom is -0.468 e. The van der Waals surface area contributed by atoms with Crippen LogP contribution < -0.4 is 5.32 Å². The van der Waals surface area contributed by atoms with E-state index in [1.807, 2.05) is 23.0 Å². The van der Waals surface area contributed by atoms with Gasteiger partial charge in [-0.3, -0.25) is 14.4 Å². The van der Waals surface area contributed by atoms with E-state index in [1.54, 1.807) is 6.26 Å². The van der Waals surface area contributed by atoms with Gasteiger partial charge >= 0.3 is 0 Å². The van der Waals surface area contributed by atoms with E-state index in [9.17, 15) is 4.79 Å². The molecule has 1 fully saturated rings. The fourth-order valence-electron chi connectivity index (χ4n) is 2.73. The fourth-order valence-corrected chi connectivity index (χ4v) is 2.73. The van der Waals surface area contributed by atoms with Crippen LogP contribution in [0.15, 0.2) is 29.0 Å². The molecule has 1 saturated heterocycles. The van der Waals surface area contributed by atoms with Crippen molar-refractivity contribution < 1.29 is 9.21 Å². The van der Waals surface area contributed by atoms with E-state index in [0.717, 1.165) is 31.8 Å². The standard InChI is InChI=1S/C15H20N4O2/c1-11-5-8-21-14(11)10-18-6-3-13(9-18)19-7-4-15(17-19)16-12(2)20/h4-5,7-8,13H,3,6,9-10H2,1-2H3,(H,16,17,20). The van der Waals surface area contributed by atoms with Crippen LogP contribution in [0, 0.1) is 6.92 Å². The number of carbonyl (C=O) groups is 1. The number of hydrogen-bond donors (Lipinski definition) is 1. The van der Waals surface area contributed by atoms with Gasteiger partial charge in [0.05, 0.1) is 18.8 Å². The summed E-state index contributed by atoms with van der Waals surface area (Å²) in [5.74, 6) is 1.56. The first-order chi connectivity index (χ1) is 10.1. The molecular formula is C15H20N4O2. The van der Waals surface area contributed by atoms with Gasteiger partial charge in [0, 0.05) is 32.3 Å². The lowest BCUT2D eigenvalue weighted by Crippen LogP contribution is -2.21. The molecule has 0 aliphatic carbocycles. The minimum absolute atomic E-state index is 0.0957. The number of nitrogens with zero attached hydrogens (tertiary/aromatic N) is 3. The number of anilines is 1. The molecule has 1 aliphatic rings.